The zero-order valence-corrected chi connectivity index (χ0v) is 10.4. The molecular formula is C14H14BNO2. The summed E-state index contributed by atoms with van der Waals surface area (Å²) in [4.78, 5) is 3.41. The molecule has 0 aliphatic rings. The first kappa shape index (κ1) is 11.3. The molecular weight excluding hydrogens is 225 g/mol. The maximum Gasteiger partial charge on any atom is 0.494 e. The van der Waals surface area contributed by atoms with E-state index in [4.69, 9.17) is 9.31 Å². The zero-order chi connectivity index (χ0) is 12.5. The van der Waals surface area contributed by atoms with Crippen LogP contribution in [0.5, 0.6) is 0 Å². The van der Waals surface area contributed by atoms with Crippen LogP contribution in [0.4, 0.5) is 0 Å². The lowest BCUT2D eigenvalue weighted by Crippen LogP contribution is -2.35. The first-order chi connectivity index (χ1) is 8.85. The number of benzene rings is 2. The first-order valence-electron chi connectivity index (χ1n) is 5.90. The normalized spacial score (nSPS) is 11.2. The summed E-state index contributed by atoms with van der Waals surface area (Å²) in [5.41, 5.74) is 3.29. The molecule has 0 amide bonds. The molecule has 1 heterocycles. The monoisotopic (exact) mass is 239 g/mol. The van der Waals surface area contributed by atoms with Crippen molar-refractivity contribution in [2.75, 3.05) is 14.2 Å². The van der Waals surface area contributed by atoms with Crippen molar-refractivity contribution in [2.24, 2.45) is 0 Å². The van der Waals surface area contributed by atoms with E-state index < -0.39 is 0 Å². The number of hydrogen-bond donors (Lipinski definition) is 1. The minimum atomic E-state index is -0.340. The van der Waals surface area contributed by atoms with Crippen molar-refractivity contribution in [3.63, 3.8) is 0 Å². The smallest absolute Gasteiger partial charge is 0.410 e. The molecule has 0 spiro atoms. The summed E-state index contributed by atoms with van der Waals surface area (Å²) < 4.78 is 10.8. The number of fused-ring (bicyclic) bond motifs is 3. The van der Waals surface area contributed by atoms with E-state index in [0.29, 0.717) is 0 Å². The second-order valence-electron chi connectivity index (χ2n) is 4.24. The molecule has 3 nitrogen and oxygen atoms in total. The Kier molecular flexibility index (Phi) is 2.82. The quantitative estimate of drug-likeness (QED) is 0.711. The maximum absolute atomic E-state index is 5.38. The van der Waals surface area contributed by atoms with E-state index in [1.807, 2.05) is 24.3 Å². The molecule has 0 unspecified atom stereocenters. The molecule has 1 N–H and O–H groups in total. The van der Waals surface area contributed by atoms with E-state index in [2.05, 4.69) is 23.2 Å². The summed E-state index contributed by atoms with van der Waals surface area (Å²) in [6.07, 6.45) is 0. The lowest BCUT2D eigenvalue weighted by Gasteiger charge is -2.10. The number of hydrogen-bond acceptors (Lipinski definition) is 2. The molecule has 0 saturated heterocycles. The standard InChI is InChI=1S/C14H14BNO2/c1-17-15(18-2)11-7-5-9-13-14(11)10-6-3-4-8-12(10)16-13/h3-9,16H,1-2H3. The van der Waals surface area contributed by atoms with E-state index in [0.717, 1.165) is 16.5 Å². The van der Waals surface area contributed by atoms with Crippen molar-refractivity contribution in [2.45, 2.75) is 0 Å². The molecule has 0 bridgehead atoms. The Balaban J connectivity index is 2.38. The summed E-state index contributed by atoms with van der Waals surface area (Å²) >= 11 is 0. The second kappa shape index (κ2) is 4.48. The average Bonchev–Trinajstić information content (AvgIpc) is 2.79. The molecule has 0 fully saturated rings. The number of aromatic nitrogens is 1. The summed E-state index contributed by atoms with van der Waals surface area (Å²) in [5.74, 6) is 0. The predicted molar refractivity (Wildman–Crippen MR) is 75.2 cm³/mol. The van der Waals surface area contributed by atoms with E-state index in [1.165, 1.54) is 10.8 Å². The summed E-state index contributed by atoms with van der Waals surface area (Å²) in [6.45, 7) is 0. The zero-order valence-electron chi connectivity index (χ0n) is 10.4. The van der Waals surface area contributed by atoms with Gasteiger partial charge in [0, 0.05) is 36.0 Å². The lowest BCUT2D eigenvalue weighted by molar-refractivity contribution is 0.292. The number of aromatic amines is 1. The SMILES string of the molecule is COB(OC)c1cccc2[nH]c3ccccc3c12. The number of para-hydroxylation sites is 1. The third kappa shape index (κ3) is 1.62. The Morgan fingerprint density at radius 1 is 0.889 bits per heavy atom. The number of nitrogens with one attached hydrogen (secondary N) is 1. The van der Waals surface area contributed by atoms with Gasteiger partial charge in [-0.25, -0.2) is 0 Å². The number of rotatable bonds is 3. The fraction of sp³-hybridized carbons (Fsp3) is 0.143. The third-order valence-electron chi connectivity index (χ3n) is 3.24. The third-order valence-corrected chi connectivity index (χ3v) is 3.24. The van der Waals surface area contributed by atoms with Gasteiger partial charge >= 0.3 is 7.12 Å². The first-order valence-corrected chi connectivity index (χ1v) is 5.90. The molecule has 90 valence electrons. The highest BCUT2D eigenvalue weighted by atomic mass is 16.6. The van der Waals surface area contributed by atoms with Crippen LogP contribution < -0.4 is 5.46 Å². The van der Waals surface area contributed by atoms with E-state index in [-0.39, 0.29) is 7.12 Å². The van der Waals surface area contributed by atoms with Crippen LogP contribution >= 0.6 is 0 Å². The predicted octanol–water partition coefficient (Wildman–Crippen LogP) is 2.31. The van der Waals surface area contributed by atoms with Gasteiger partial charge in [-0.05, 0) is 17.6 Å². The van der Waals surface area contributed by atoms with Crippen LogP contribution in [0.1, 0.15) is 0 Å². The van der Waals surface area contributed by atoms with E-state index in [9.17, 15) is 0 Å². The molecule has 0 aliphatic carbocycles. The van der Waals surface area contributed by atoms with Gasteiger partial charge in [0.15, 0.2) is 0 Å². The maximum atomic E-state index is 5.38. The molecule has 0 atom stereocenters. The molecule has 4 heteroatoms. The van der Waals surface area contributed by atoms with Crippen molar-refractivity contribution in [3.05, 3.63) is 42.5 Å². The minimum absolute atomic E-state index is 0.340. The Labute approximate surface area is 106 Å². The van der Waals surface area contributed by atoms with Crippen LogP contribution in [-0.2, 0) is 9.31 Å². The van der Waals surface area contributed by atoms with E-state index >= 15 is 0 Å². The van der Waals surface area contributed by atoms with Crippen LogP contribution in [0.15, 0.2) is 42.5 Å². The van der Waals surface area contributed by atoms with Gasteiger partial charge < -0.3 is 14.3 Å². The largest absolute Gasteiger partial charge is 0.494 e. The fourth-order valence-corrected chi connectivity index (χ4v) is 2.48. The van der Waals surface area contributed by atoms with Crippen molar-refractivity contribution >= 4 is 34.4 Å². The Bertz CT molecular complexity index is 688. The highest BCUT2D eigenvalue weighted by molar-refractivity contribution is 6.65. The summed E-state index contributed by atoms with van der Waals surface area (Å²) in [7, 11) is 2.97. The molecule has 1 aromatic heterocycles. The van der Waals surface area contributed by atoms with Gasteiger partial charge in [-0.3, -0.25) is 0 Å². The Morgan fingerprint density at radius 3 is 2.39 bits per heavy atom. The molecule has 18 heavy (non-hydrogen) atoms. The van der Waals surface area contributed by atoms with Gasteiger partial charge in [0.2, 0.25) is 0 Å². The van der Waals surface area contributed by atoms with Crippen LogP contribution in [0.25, 0.3) is 21.8 Å². The molecule has 3 rings (SSSR count). The van der Waals surface area contributed by atoms with Crippen LogP contribution in [0, 0.1) is 0 Å². The average molecular weight is 239 g/mol. The Morgan fingerprint density at radius 2 is 1.61 bits per heavy atom. The van der Waals surface area contributed by atoms with Crippen LogP contribution in [0.3, 0.4) is 0 Å². The van der Waals surface area contributed by atoms with Crippen molar-refractivity contribution in [1.29, 1.82) is 0 Å². The second-order valence-corrected chi connectivity index (χ2v) is 4.24. The van der Waals surface area contributed by atoms with Gasteiger partial charge in [0.1, 0.15) is 0 Å². The van der Waals surface area contributed by atoms with Gasteiger partial charge in [-0.2, -0.15) is 0 Å². The molecule has 2 aromatic carbocycles. The van der Waals surface area contributed by atoms with Crippen molar-refractivity contribution < 1.29 is 9.31 Å². The number of H-pyrrole nitrogens is 1. The highest BCUT2D eigenvalue weighted by Gasteiger charge is 2.22. The Hall–Kier alpha value is -1.78. The summed E-state index contributed by atoms with van der Waals surface area (Å²) in [6, 6.07) is 14.4. The van der Waals surface area contributed by atoms with Gasteiger partial charge in [0.25, 0.3) is 0 Å². The van der Waals surface area contributed by atoms with Crippen molar-refractivity contribution in [3.8, 4) is 0 Å². The fourth-order valence-electron chi connectivity index (χ4n) is 2.48. The minimum Gasteiger partial charge on any atom is -0.410 e. The topological polar surface area (TPSA) is 34.2 Å². The molecule has 0 radical (unpaired) electrons. The van der Waals surface area contributed by atoms with Gasteiger partial charge in [0.05, 0.1) is 0 Å². The van der Waals surface area contributed by atoms with Crippen LogP contribution in [0.2, 0.25) is 0 Å². The van der Waals surface area contributed by atoms with Gasteiger partial charge in [-0.15, -0.1) is 0 Å². The molecule has 0 aliphatic heterocycles. The molecule has 3 aromatic rings. The molecule has 0 saturated carbocycles. The van der Waals surface area contributed by atoms with Crippen LogP contribution in [-0.4, -0.2) is 26.3 Å². The van der Waals surface area contributed by atoms with Crippen molar-refractivity contribution in [1.82, 2.24) is 4.98 Å². The van der Waals surface area contributed by atoms with E-state index in [1.54, 1.807) is 14.2 Å². The highest BCUT2D eigenvalue weighted by Crippen LogP contribution is 2.23. The summed E-state index contributed by atoms with van der Waals surface area (Å²) in [5, 5.41) is 2.36. The lowest BCUT2D eigenvalue weighted by atomic mass is 9.76. The van der Waals surface area contributed by atoms with Gasteiger partial charge in [-0.1, -0.05) is 30.3 Å².